The lowest BCUT2D eigenvalue weighted by Gasteiger charge is -2.24. The standard InChI is InChI=1S/C15H24N2S/c1-11(9-15-6-3-12(2)18-15)17-8-7-14(10-17)16-13-4-5-13/h3,6,11,13-14,16H,4-5,7-10H2,1-2H3. The molecule has 0 spiro atoms. The Hall–Kier alpha value is -0.380. The molecule has 1 aliphatic heterocycles. The first-order valence-electron chi connectivity index (χ1n) is 7.26. The molecule has 1 N–H and O–H groups in total. The van der Waals surface area contributed by atoms with Crippen molar-refractivity contribution in [1.29, 1.82) is 0 Å². The van der Waals surface area contributed by atoms with E-state index < -0.39 is 0 Å². The molecular formula is C15H24N2S. The van der Waals surface area contributed by atoms with Crippen molar-refractivity contribution in [3.05, 3.63) is 21.9 Å². The Morgan fingerprint density at radius 2 is 2.17 bits per heavy atom. The Balaban J connectivity index is 1.48. The van der Waals surface area contributed by atoms with E-state index in [2.05, 4.69) is 36.2 Å². The maximum Gasteiger partial charge on any atom is 0.0209 e. The number of rotatable bonds is 5. The third kappa shape index (κ3) is 3.14. The van der Waals surface area contributed by atoms with E-state index in [4.69, 9.17) is 0 Å². The number of hydrogen-bond donors (Lipinski definition) is 1. The van der Waals surface area contributed by atoms with Crippen molar-refractivity contribution in [2.24, 2.45) is 0 Å². The van der Waals surface area contributed by atoms with E-state index in [0.717, 1.165) is 12.1 Å². The summed E-state index contributed by atoms with van der Waals surface area (Å²) in [5, 5.41) is 3.77. The number of likely N-dealkylation sites (tertiary alicyclic amines) is 1. The van der Waals surface area contributed by atoms with Gasteiger partial charge in [0.25, 0.3) is 0 Å². The SMILES string of the molecule is Cc1ccc(CC(C)N2CCC(NC3CC3)C2)s1. The highest BCUT2D eigenvalue weighted by atomic mass is 32.1. The molecule has 2 nitrogen and oxygen atoms in total. The Kier molecular flexibility index (Phi) is 3.73. The van der Waals surface area contributed by atoms with Gasteiger partial charge in [0.05, 0.1) is 0 Å². The van der Waals surface area contributed by atoms with Gasteiger partial charge in [-0.05, 0) is 51.7 Å². The summed E-state index contributed by atoms with van der Waals surface area (Å²) in [5.74, 6) is 0. The Morgan fingerprint density at radius 3 is 2.83 bits per heavy atom. The molecule has 0 amide bonds. The minimum absolute atomic E-state index is 0.689. The van der Waals surface area contributed by atoms with E-state index in [-0.39, 0.29) is 0 Å². The van der Waals surface area contributed by atoms with Crippen LogP contribution in [0.1, 0.15) is 35.9 Å². The van der Waals surface area contributed by atoms with Crippen LogP contribution in [0.2, 0.25) is 0 Å². The summed E-state index contributed by atoms with van der Waals surface area (Å²) in [7, 11) is 0. The zero-order valence-electron chi connectivity index (χ0n) is 11.5. The molecule has 2 heterocycles. The molecule has 3 rings (SSSR count). The topological polar surface area (TPSA) is 15.3 Å². The van der Waals surface area contributed by atoms with Crippen LogP contribution in [0.4, 0.5) is 0 Å². The number of hydrogen-bond acceptors (Lipinski definition) is 3. The van der Waals surface area contributed by atoms with Gasteiger partial charge in [0, 0.05) is 41.0 Å². The summed E-state index contributed by atoms with van der Waals surface area (Å²) in [6.07, 6.45) is 5.36. The average molecular weight is 264 g/mol. The Labute approximate surface area is 114 Å². The molecule has 100 valence electrons. The van der Waals surface area contributed by atoms with Crippen molar-refractivity contribution in [3.63, 3.8) is 0 Å². The maximum atomic E-state index is 3.77. The van der Waals surface area contributed by atoms with Crippen molar-refractivity contribution in [1.82, 2.24) is 10.2 Å². The highest BCUT2D eigenvalue weighted by Crippen LogP contribution is 2.24. The van der Waals surface area contributed by atoms with Crippen molar-refractivity contribution in [2.75, 3.05) is 13.1 Å². The molecule has 3 heteroatoms. The molecule has 0 radical (unpaired) electrons. The molecule has 1 saturated heterocycles. The fourth-order valence-electron chi connectivity index (χ4n) is 2.92. The van der Waals surface area contributed by atoms with E-state index in [1.54, 1.807) is 4.88 Å². The lowest BCUT2D eigenvalue weighted by Crippen LogP contribution is -2.37. The van der Waals surface area contributed by atoms with Crippen molar-refractivity contribution >= 4 is 11.3 Å². The predicted octanol–water partition coefficient (Wildman–Crippen LogP) is 2.81. The van der Waals surface area contributed by atoms with Crippen molar-refractivity contribution in [3.8, 4) is 0 Å². The minimum atomic E-state index is 0.689. The fourth-order valence-corrected chi connectivity index (χ4v) is 3.93. The third-order valence-corrected chi connectivity index (χ3v) is 5.21. The van der Waals surface area contributed by atoms with Gasteiger partial charge in [0.2, 0.25) is 0 Å². The van der Waals surface area contributed by atoms with Crippen LogP contribution in [0.5, 0.6) is 0 Å². The van der Waals surface area contributed by atoms with Gasteiger partial charge in [-0.2, -0.15) is 0 Å². The van der Waals surface area contributed by atoms with Crippen LogP contribution in [0.15, 0.2) is 12.1 Å². The van der Waals surface area contributed by atoms with Crippen LogP contribution in [0.3, 0.4) is 0 Å². The zero-order chi connectivity index (χ0) is 12.5. The van der Waals surface area contributed by atoms with Gasteiger partial charge in [-0.1, -0.05) is 0 Å². The van der Waals surface area contributed by atoms with E-state index in [1.165, 1.54) is 43.6 Å². The molecule has 1 aromatic heterocycles. The van der Waals surface area contributed by atoms with Gasteiger partial charge >= 0.3 is 0 Å². The zero-order valence-corrected chi connectivity index (χ0v) is 12.3. The van der Waals surface area contributed by atoms with Crippen molar-refractivity contribution < 1.29 is 0 Å². The molecule has 0 bridgehead atoms. The summed E-state index contributed by atoms with van der Waals surface area (Å²) in [5.41, 5.74) is 0. The van der Waals surface area contributed by atoms with E-state index in [9.17, 15) is 0 Å². The fraction of sp³-hybridized carbons (Fsp3) is 0.733. The van der Waals surface area contributed by atoms with Crippen LogP contribution in [0.25, 0.3) is 0 Å². The minimum Gasteiger partial charge on any atom is -0.310 e. The van der Waals surface area contributed by atoms with E-state index in [0.29, 0.717) is 6.04 Å². The first kappa shape index (κ1) is 12.6. The predicted molar refractivity (Wildman–Crippen MR) is 78.4 cm³/mol. The number of nitrogens with zero attached hydrogens (tertiary/aromatic N) is 1. The van der Waals surface area contributed by atoms with E-state index in [1.807, 2.05) is 11.3 Å². The lowest BCUT2D eigenvalue weighted by molar-refractivity contribution is 0.251. The monoisotopic (exact) mass is 264 g/mol. The van der Waals surface area contributed by atoms with Gasteiger partial charge in [-0.3, -0.25) is 4.90 Å². The first-order valence-corrected chi connectivity index (χ1v) is 8.08. The summed E-state index contributed by atoms with van der Waals surface area (Å²) in [4.78, 5) is 5.64. The second-order valence-electron chi connectivity index (χ2n) is 5.99. The van der Waals surface area contributed by atoms with Crippen LogP contribution in [-0.2, 0) is 6.42 Å². The summed E-state index contributed by atoms with van der Waals surface area (Å²) in [6.45, 7) is 7.11. The largest absolute Gasteiger partial charge is 0.310 e. The molecule has 1 aliphatic carbocycles. The molecule has 0 aromatic carbocycles. The molecule has 18 heavy (non-hydrogen) atoms. The smallest absolute Gasteiger partial charge is 0.0209 e. The summed E-state index contributed by atoms with van der Waals surface area (Å²) in [6, 6.07) is 6.84. The van der Waals surface area contributed by atoms with Gasteiger partial charge in [-0.15, -0.1) is 11.3 Å². The highest BCUT2D eigenvalue weighted by Gasteiger charge is 2.30. The highest BCUT2D eigenvalue weighted by molar-refractivity contribution is 7.11. The van der Waals surface area contributed by atoms with Gasteiger partial charge in [0.1, 0.15) is 0 Å². The second-order valence-corrected chi connectivity index (χ2v) is 7.36. The molecule has 2 atom stereocenters. The molecule has 2 unspecified atom stereocenters. The number of nitrogens with one attached hydrogen (secondary N) is 1. The normalized spacial score (nSPS) is 26.7. The van der Waals surface area contributed by atoms with Crippen LogP contribution in [-0.4, -0.2) is 36.1 Å². The molecular weight excluding hydrogens is 240 g/mol. The van der Waals surface area contributed by atoms with Crippen LogP contribution >= 0.6 is 11.3 Å². The average Bonchev–Trinajstić information content (AvgIpc) is 2.85. The van der Waals surface area contributed by atoms with Gasteiger partial charge < -0.3 is 5.32 Å². The van der Waals surface area contributed by atoms with Gasteiger partial charge in [-0.25, -0.2) is 0 Å². The van der Waals surface area contributed by atoms with Crippen LogP contribution < -0.4 is 5.32 Å². The van der Waals surface area contributed by atoms with Crippen LogP contribution in [0, 0.1) is 6.92 Å². The maximum absolute atomic E-state index is 3.77. The summed E-state index contributed by atoms with van der Waals surface area (Å²) < 4.78 is 0. The first-order chi connectivity index (χ1) is 8.70. The van der Waals surface area contributed by atoms with Gasteiger partial charge in [0.15, 0.2) is 0 Å². The third-order valence-electron chi connectivity index (χ3n) is 4.18. The summed E-state index contributed by atoms with van der Waals surface area (Å²) >= 11 is 1.95. The van der Waals surface area contributed by atoms with E-state index >= 15 is 0 Å². The van der Waals surface area contributed by atoms with Crippen molar-refractivity contribution in [2.45, 2.75) is 57.7 Å². The number of aryl methyl sites for hydroxylation is 1. The Bertz CT molecular complexity index is 397. The second kappa shape index (κ2) is 5.32. The molecule has 1 aromatic rings. The molecule has 2 fully saturated rings. The number of thiophene rings is 1. The quantitative estimate of drug-likeness (QED) is 0.880. The molecule has 2 aliphatic rings. The Morgan fingerprint density at radius 1 is 1.33 bits per heavy atom. The lowest BCUT2D eigenvalue weighted by atomic mass is 10.2. The molecule has 1 saturated carbocycles.